The van der Waals surface area contributed by atoms with Crippen molar-refractivity contribution in [2.75, 3.05) is 11.5 Å². The van der Waals surface area contributed by atoms with Gasteiger partial charge in [0.15, 0.2) is 19.7 Å². The summed E-state index contributed by atoms with van der Waals surface area (Å²) in [5.41, 5.74) is 1.47. The molecule has 9 heteroatoms. The van der Waals surface area contributed by atoms with Crippen LogP contribution < -0.4 is 4.74 Å². The van der Waals surface area contributed by atoms with Crippen LogP contribution in [0.15, 0.2) is 119 Å². The van der Waals surface area contributed by atoms with Gasteiger partial charge in [0, 0.05) is 0 Å². The molecule has 4 aromatic carbocycles. The highest BCUT2D eigenvalue weighted by atomic mass is 35.5. The van der Waals surface area contributed by atoms with Gasteiger partial charge >= 0.3 is 0 Å². The molecular weight excluding hydrogens is 551 g/mol. The summed E-state index contributed by atoms with van der Waals surface area (Å²) in [6.07, 6.45) is 0. The van der Waals surface area contributed by atoms with Gasteiger partial charge in [0.1, 0.15) is 11.5 Å². The third-order valence-electron chi connectivity index (χ3n) is 5.66. The first-order valence-electron chi connectivity index (χ1n) is 11.4. The Balaban J connectivity index is 1.39. The van der Waals surface area contributed by atoms with E-state index in [2.05, 4.69) is 0 Å². The minimum absolute atomic E-state index is 0.136. The molecule has 0 radical (unpaired) electrons. The van der Waals surface area contributed by atoms with Crippen molar-refractivity contribution >= 4 is 42.9 Å². The molecule has 0 aliphatic carbocycles. The van der Waals surface area contributed by atoms with Crippen molar-refractivity contribution in [2.45, 2.75) is 20.5 Å². The van der Waals surface area contributed by atoms with Gasteiger partial charge in [-0.25, -0.2) is 16.8 Å². The Morgan fingerprint density at radius 1 is 0.514 bits per heavy atom. The molecule has 0 spiro atoms. The lowest BCUT2D eigenvalue weighted by molar-refractivity contribution is 0.481. The van der Waals surface area contributed by atoms with Crippen molar-refractivity contribution in [1.29, 1.82) is 0 Å². The molecule has 0 aliphatic heterocycles. The van der Waals surface area contributed by atoms with E-state index in [1.165, 1.54) is 24.3 Å². The SMILES string of the molecule is O=S(=O)(CC(Cl)c1ccccc1)c1ccc(Oc2ccc(S(=O)(=O)CC(Cl)c3ccccc3)cc2)cc1. The van der Waals surface area contributed by atoms with Crippen LogP contribution in [-0.2, 0) is 19.7 Å². The quantitative estimate of drug-likeness (QED) is 0.191. The van der Waals surface area contributed by atoms with E-state index in [-0.39, 0.29) is 21.3 Å². The number of halogens is 2. The molecule has 2 atom stereocenters. The highest BCUT2D eigenvalue weighted by molar-refractivity contribution is 7.91. The van der Waals surface area contributed by atoms with Crippen LogP contribution in [0.5, 0.6) is 11.5 Å². The number of sulfone groups is 2. The van der Waals surface area contributed by atoms with Crippen molar-refractivity contribution in [1.82, 2.24) is 0 Å². The summed E-state index contributed by atoms with van der Waals surface area (Å²) in [5, 5.41) is -1.34. The number of benzene rings is 4. The van der Waals surface area contributed by atoms with E-state index >= 15 is 0 Å². The summed E-state index contributed by atoms with van der Waals surface area (Å²) < 4.78 is 56.9. The zero-order valence-electron chi connectivity index (χ0n) is 19.6. The summed E-state index contributed by atoms with van der Waals surface area (Å²) in [7, 11) is -7.23. The molecule has 0 amide bonds. The summed E-state index contributed by atoms with van der Waals surface area (Å²) >= 11 is 12.7. The van der Waals surface area contributed by atoms with E-state index in [4.69, 9.17) is 27.9 Å². The minimum Gasteiger partial charge on any atom is -0.457 e. The predicted octanol–water partition coefficient (Wildman–Crippen LogP) is 6.99. The van der Waals surface area contributed by atoms with Crippen LogP contribution in [0.2, 0.25) is 0 Å². The van der Waals surface area contributed by atoms with Gasteiger partial charge in [0.2, 0.25) is 0 Å². The van der Waals surface area contributed by atoms with Gasteiger partial charge in [-0.1, -0.05) is 60.7 Å². The summed E-state index contributed by atoms with van der Waals surface area (Å²) in [6, 6.07) is 30.1. The number of rotatable bonds is 10. The van der Waals surface area contributed by atoms with E-state index in [1.807, 2.05) is 36.4 Å². The van der Waals surface area contributed by atoms with Crippen LogP contribution >= 0.6 is 23.2 Å². The fraction of sp³-hybridized carbons (Fsp3) is 0.143. The molecular formula is C28H24Cl2O5S2. The maximum absolute atomic E-state index is 12.8. The Labute approximate surface area is 227 Å². The highest BCUT2D eigenvalue weighted by Crippen LogP contribution is 2.29. The molecule has 0 fully saturated rings. The van der Waals surface area contributed by atoms with Crippen molar-refractivity contribution in [3.8, 4) is 11.5 Å². The topological polar surface area (TPSA) is 77.5 Å². The molecule has 0 aliphatic rings. The number of ether oxygens (including phenoxy) is 1. The Morgan fingerprint density at radius 3 is 1.16 bits per heavy atom. The lowest BCUT2D eigenvalue weighted by Crippen LogP contribution is -2.11. The number of alkyl halides is 2. The molecule has 4 aromatic rings. The standard InChI is InChI=1S/C28H24Cl2O5S2/c29-27(21-7-3-1-4-8-21)19-36(31,32)25-15-11-23(12-16-25)35-24-13-17-26(18-14-24)37(33,34)20-28(30)22-9-5-2-6-10-22/h1-18,27-28H,19-20H2. The Hall–Kier alpha value is -2.84. The first-order chi connectivity index (χ1) is 17.6. The van der Waals surface area contributed by atoms with Crippen LogP contribution in [0.3, 0.4) is 0 Å². The van der Waals surface area contributed by atoms with Gasteiger partial charge in [0.05, 0.1) is 32.1 Å². The van der Waals surface area contributed by atoms with E-state index in [1.54, 1.807) is 48.5 Å². The molecule has 37 heavy (non-hydrogen) atoms. The molecule has 0 saturated heterocycles. The van der Waals surface area contributed by atoms with E-state index in [0.29, 0.717) is 11.5 Å². The van der Waals surface area contributed by atoms with E-state index in [0.717, 1.165) is 11.1 Å². The number of hydrogen-bond donors (Lipinski definition) is 0. The second-order valence-electron chi connectivity index (χ2n) is 8.36. The molecule has 2 unspecified atom stereocenters. The fourth-order valence-corrected chi connectivity index (χ4v) is 7.59. The monoisotopic (exact) mass is 574 g/mol. The predicted molar refractivity (Wildman–Crippen MR) is 147 cm³/mol. The van der Waals surface area contributed by atoms with E-state index < -0.39 is 30.4 Å². The lowest BCUT2D eigenvalue weighted by Gasteiger charge is -2.12. The maximum Gasteiger partial charge on any atom is 0.180 e. The molecule has 0 heterocycles. The Kier molecular flexibility index (Phi) is 8.60. The maximum atomic E-state index is 12.8. The van der Waals surface area contributed by atoms with E-state index in [9.17, 15) is 16.8 Å². The van der Waals surface area contributed by atoms with Crippen LogP contribution in [-0.4, -0.2) is 28.3 Å². The van der Waals surface area contributed by atoms with Gasteiger partial charge in [-0.3, -0.25) is 0 Å². The number of hydrogen-bond acceptors (Lipinski definition) is 5. The molecule has 0 N–H and O–H groups in total. The molecule has 0 aromatic heterocycles. The fourth-order valence-electron chi connectivity index (χ4n) is 3.66. The smallest absolute Gasteiger partial charge is 0.180 e. The summed E-state index contributed by atoms with van der Waals surface area (Å²) in [4.78, 5) is 0.272. The first-order valence-corrected chi connectivity index (χ1v) is 15.5. The van der Waals surface area contributed by atoms with Gasteiger partial charge in [-0.05, 0) is 59.7 Å². The first kappa shape index (κ1) is 27.2. The zero-order chi connectivity index (χ0) is 26.5. The second kappa shape index (κ2) is 11.7. The highest BCUT2D eigenvalue weighted by Gasteiger charge is 2.22. The third-order valence-corrected chi connectivity index (χ3v) is 10.4. The average molecular weight is 576 g/mol. The summed E-state index contributed by atoms with van der Waals surface area (Å²) in [5.74, 6) is 0.347. The van der Waals surface area contributed by atoms with Crippen molar-refractivity contribution in [3.63, 3.8) is 0 Å². The van der Waals surface area contributed by atoms with Gasteiger partial charge in [0.25, 0.3) is 0 Å². The zero-order valence-corrected chi connectivity index (χ0v) is 22.7. The summed E-state index contributed by atoms with van der Waals surface area (Å²) in [6.45, 7) is 0. The van der Waals surface area contributed by atoms with Crippen molar-refractivity contribution < 1.29 is 21.6 Å². The Morgan fingerprint density at radius 2 is 0.838 bits per heavy atom. The van der Waals surface area contributed by atoms with Crippen molar-refractivity contribution in [2.24, 2.45) is 0 Å². The van der Waals surface area contributed by atoms with Crippen molar-refractivity contribution in [3.05, 3.63) is 120 Å². The minimum atomic E-state index is -3.61. The third kappa shape index (κ3) is 7.14. The van der Waals surface area contributed by atoms with Crippen LogP contribution in [0.25, 0.3) is 0 Å². The normalized spacial score (nSPS) is 13.6. The molecule has 0 saturated carbocycles. The second-order valence-corrected chi connectivity index (χ2v) is 13.5. The van der Waals surface area contributed by atoms with Crippen LogP contribution in [0.4, 0.5) is 0 Å². The van der Waals surface area contributed by atoms with Gasteiger partial charge < -0.3 is 4.74 Å². The average Bonchev–Trinajstić information content (AvgIpc) is 2.90. The lowest BCUT2D eigenvalue weighted by atomic mass is 10.2. The Bertz CT molecular complexity index is 1410. The largest absolute Gasteiger partial charge is 0.457 e. The molecule has 0 bridgehead atoms. The molecule has 4 rings (SSSR count). The molecule has 192 valence electrons. The molecule has 5 nitrogen and oxygen atoms in total. The van der Waals surface area contributed by atoms with Gasteiger partial charge in [-0.2, -0.15) is 0 Å². The van der Waals surface area contributed by atoms with Crippen LogP contribution in [0.1, 0.15) is 21.9 Å². The van der Waals surface area contributed by atoms with Gasteiger partial charge in [-0.15, -0.1) is 23.2 Å². The van der Waals surface area contributed by atoms with Crippen LogP contribution in [0, 0.1) is 0 Å².